The van der Waals surface area contributed by atoms with Crippen molar-refractivity contribution in [2.75, 3.05) is 11.9 Å². The lowest BCUT2D eigenvalue weighted by Crippen LogP contribution is -2.18. The van der Waals surface area contributed by atoms with Crippen molar-refractivity contribution in [1.82, 2.24) is 9.97 Å². The standard InChI is InChI=1S/C8H9N3O3/c1-2-5-14-8(13)11-6-3-4-9-7(12)10-6/h2-4H,1,5H2,(H2,9,10,11,12,13). The largest absolute Gasteiger partial charge is 0.445 e. The van der Waals surface area contributed by atoms with Crippen LogP contribution in [0.2, 0.25) is 0 Å². The summed E-state index contributed by atoms with van der Waals surface area (Å²) in [6, 6.07) is 1.44. The number of anilines is 1. The highest BCUT2D eigenvalue weighted by Gasteiger charge is 2.02. The fraction of sp³-hybridized carbons (Fsp3) is 0.125. The number of nitrogens with zero attached hydrogens (tertiary/aromatic N) is 1. The van der Waals surface area contributed by atoms with Crippen LogP contribution >= 0.6 is 0 Å². The van der Waals surface area contributed by atoms with Gasteiger partial charge in [-0.1, -0.05) is 12.7 Å². The van der Waals surface area contributed by atoms with E-state index in [1.54, 1.807) is 0 Å². The van der Waals surface area contributed by atoms with Crippen LogP contribution in [-0.2, 0) is 4.74 Å². The number of H-pyrrole nitrogens is 1. The zero-order valence-corrected chi connectivity index (χ0v) is 7.32. The van der Waals surface area contributed by atoms with E-state index in [0.29, 0.717) is 0 Å². The average molecular weight is 195 g/mol. The summed E-state index contributed by atoms with van der Waals surface area (Å²) in [6.45, 7) is 3.48. The van der Waals surface area contributed by atoms with Crippen molar-refractivity contribution in [3.8, 4) is 0 Å². The molecule has 0 aliphatic carbocycles. The van der Waals surface area contributed by atoms with Crippen LogP contribution in [0.1, 0.15) is 0 Å². The maximum Gasteiger partial charge on any atom is 0.413 e. The molecule has 0 spiro atoms. The van der Waals surface area contributed by atoms with Crippen molar-refractivity contribution >= 4 is 11.9 Å². The zero-order valence-electron chi connectivity index (χ0n) is 7.32. The molecule has 1 amide bonds. The number of carbonyl (C=O) groups is 1. The highest BCUT2D eigenvalue weighted by Crippen LogP contribution is 1.96. The Kier molecular flexibility index (Phi) is 3.42. The first-order chi connectivity index (χ1) is 6.72. The molecule has 0 saturated heterocycles. The molecule has 0 atom stereocenters. The summed E-state index contributed by atoms with van der Waals surface area (Å²) in [6.07, 6.45) is 2.13. The minimum atomic E-state index is -0.678. The summed E-state index contributed by atoms with van der Waals surface area (Å²) in [7, 11) is 0. The van der Waals surface area contributed by atoms with E-state index in [4.69, 9.17) is 0 Å². The van der Waals surface area contributed by atoms with Crippen molar-refractivity contribution in [2.24, 2.45) is 0 Å². The quantitative estimate of drug-likeness (QED) is 0.688. The molecular weight excluding hydrogens is 186 g/mol. The van der Waals surface area contributed by atoms with Crippen molar-refractivity contribution in [3.05, 3.63) is 35.4 Å². The molecule has 0 saturated carbocycles. The molecule has 6 heteroatoms. The second-order valence-corrected chi connectivity index (χ2v) is 2.29. The number of amides is 1. The third kappa shape index (κ3) is 3.10. The number of ether oxygens (including phenoxy) is 1. The van der Waals surface area contributed by atoms with Crippen molar-refractivity contribution in [3.63, 3.8) is 0 Å². The molecule has 0 bridgehead atoms. The summed E-state index contributed by atoms with van der Waals surface area (Å²) < 4.78 is 4.61. The number of aromatic nitrogens is 2. The molecular formula is C8H9N3O3. The van der Waals surface area contributed by atoms with Crippen molar-refractivity contribution in [1.29, 1.82) is 0 Å². The van der Waals surface area contributed by atoms with Gasteiger partial charge in [-0.15, -0.1) is 0 Å². The Balaban J connectivity index is 2.56. The molecule has 0 radical (unpaired) electrons. The minimum absolute atomic E-state index is 0.106. The zero-order chi connectivity index (χ0) is 10.4. The molecule has 0 aliphatic rings. The molecule has 1 aromatic rings. The third-order valence-corrected chi connectivity index (χ3v) is 1.23. The van der Waals surface area contributed by atoms with E-state index >= 15 is 0 Å². The summed E-state index contributed by atoms with van der Waals surface area (Å²) in [5, 5.41) is 2.28. The molecule has 1 aromatic heterocycles. The van der Waals surface area contributed by atoms with Crippen LogP contribution in [0.3, 0.4) is 0 Å². The highest BCUT2D eigenvalue weighted by molar-refractivity contribution is 5.83. The van der Waals surface area contributed by atoms with Crippen LogP contribution in [-0.4, -0.2) is 22.7 Å². The number of hydrogen-bond acceptors (Lipinski definition) is 4. The third-order valence-electron chi connectivity index (χ3n) is 1.23. The lowest BCUT2D eigenvalue weighted by Gasteiger charge is -2.02. The van der Waals surface area contributed by atoms with Gasteiger partial charge in [0, 0.05) is 6.20 Å². The Morgan fingerprint density at radius 2 is 2.57 bits per heavy atom. The monoisotopic (exact) mass is 195 g/mol. The first-order valence-electron chi connectivity index (χ1n) is 3.83. The molecule has 0 unspecified atom stereocenters. The number of nitrogens with one attached hydrogen (secondary N) is 2. The molecule has 0 aliphatic heterocycles. The average Bonchev–Trinajstić information content (AvgIpc) is 2.15. The van der Waals surface area contributed by atoms with Gasteiger partial charge in [0.2, 0.25) is 0 Å². The molecule has 74 valence electrons. The lowest BCUT2D eigenvalue weighted by molar-refractivity contribution is 0.174. The van der Waals surface area contributed by atoms with E-state index in [1.165, 1.54) is 18.3 Å². The Labute approximate surface area is 79.6 Å². The Morgan fingerprint density at radius 1 is 1.79 bits per heavy atom. The molecule has 14 heavy (non-hydrogen) atoms. The number of rotatable bonds is 3. The van der Waals surface area contributed by atoms with E-state index in [2.05, 4.69) is 26.6 Å². The number of carbonyl (C=O) groups excluding carboxylic acids is 1. The summed E-state index contributed by atoms with van der Waals surface area (Å²) in [4.78, 5) is 27.4. The van der Waals surface area contributed by atoms with Crippen molar-refractivity contribution < 1.29 is 9.53 Å². The van der Waals surface area contributed by atoms with Gasteiger partial charge < -0.3 is 9.72 Å². The number of aromatic amines is 1. The Morgan fingerprint density at radius 3 is 3.21 bits per heavy atom. The maximum absolute atomic E-state index is 10.9. The van der Waals surface area contributed by atoms with Gasteiger partial charge in [-0.3, -0.25) is 5.32 Å². The summed E-state index contributed by atoms with van der Waals surface area (Å²) in [5.74, 6) is 0.141. The molecule has 2 N–H and O–H groups in total. The smallest absolute Gasteiger partial charge is 0.413 e. The van der Waals surface area contributed by atoms with Gasteiger partial charge in [0.25, 0.3) is 0 Å². The molecule has 1 rings (SSSR count). The fourth-order valence-corrected chi connectivity index (χ4v) is 0.716. The van der Waals surface area contributed by atoms with Gasteiger partial charge in [0.1, 0.15) is 12.4 Å². The first-order valence-corrected chi connectivity index (χ1v) is 3.83. The fourth-order valence-electron chi connectivity index (χ4n) is 0.716. The van der Waals surface area contributed by atoms with Gasteiger partial charge in [-0.05, 0) is 6.07 Å². The van der Waals surface area contributed by atoms with Gasteiger partial charge in [-0.2, -0.15) is 4.98 Å². The summed E-state index contributed by atoms with van der Waals surface area (Å²) >= 11 is 0. The maximum atomic E-state index is 10.9. The van der Waals surface area contributed by atoms with E-state index in [-0.39, 0.29) is 12.4 Å². The molecule has 0 aromatic carbocycles. The Hall–Kier alpha value is -2.11. The first kappa shape index (κ1) is 9.97. The van der Waals surface area contributed by atoms with Crippen LogP contribution < -0.4 is 11.0 Å². The molecule has 1 heterocycles. The van der Waals surface area contributed by atoms with Crippen molar-refractivity contribution in [2.45, 2.75) is 0 Å². The normalized spacial score (nSPS) is 9.14. The van der Waals surface area contributed by atoms with Crippen LogP contribution in [0.15, 0.2) is 29.7 Å². The van der Waals surface area contributed by atoms with E-state index < -0.39 is 11.8 Å². The molecule has 6 nitrogen and oxygen atoms in total. The summed E-state index contributed by atoms with van der Waals surface area (Å²) in [5.41, 5.74) is -0.536. The van der Waals surface area contributed by atoms with Gasteiger partial charge in [0.15, 0.2) is 0 Å². The Bertz CT molecular complexity index is 385. The van der Waals surface area contributed by atoms with E-state index in [1.807, 2.05) is 0 Å². The van der Waals surface area contributed by atoms with E-state index in [9.17, 15) is 9.59 Å². The lowest BCUT2D eigenvalue weighted by atomic mass is 10.6. The second-order valence-electron chi connectivity index (χ2n) is 2.29. The molecule has 0 fully saturated rings. The van der Waals surface area contributed by atoms with Crippen LogP contribution in [0, 0.1) is 0 Å². The van der Waals surface area contributed by atoms with Crippen LogP contribution in [0.4, 0.5) is 10.6 Å². The van der Waals surface area contributed by atoms with Crippen LogP contribution in [0.5, 0.6) is 0 Å². The predicted octanol–water partition coefficient (Wildman–Crippen LogP) is 0.504. The van der Waals surface area contributed by atoms with Crippen LogP contribution in [0.25, 0.3) is 0 Å². The SMILES string of the molecule is C=CCOC(=O)Nc1cc[nH]c(=O)n1. The van der Waals surface area contributed by atoms with Gasteiger partial charge in [0.05, 0.1) is 0 Å². The number of hydrogen-bond donors (Lipinski definition) is 2. The minimum Gasteiger partial charge on any atom is -0.445 e. The topological polar surface area (TPSA) is 84.1 Å². The second kappa shape index (κ2) is 4.80. The highest BCUT2D eigenvalue weighted by atomic mass is 16.5. The van der Waals surface area contributed by atoms with E-state index in [0.717, 1.165) is 0 Å². The predicted molar refractivity (Wildman–Crippen MR) is 50.0 cm³/mol. The van der Waals surface area contributed by atoms with Gasteiger partial charge in [-0.25, -0.2) is 9.59 Å². The van der Waals surface area contributed by atoms with Gasteiger partial charge >= 0.3 is 11.8 Å².